The second kappa shape index (κ2) is 7.06. The number of benzene rings is 2. The Morgan fingerprint density at radius 1 is 1.04 bits per heavy atom. The van der Waals surface area contributed by atoms with Crippen molar-refractivity contribution in [3.8, 4) is 5.69 Å². The van der Waals surface area contributed by atoms with Gasteiger partial charge in [-0.1, -0.05) is 12.1 Å². The van der Waals surface area contributed by atoms with Crippen molar-refractivity contribution < 1.29 is 4.79 Å². The van der Waals surface area contributed by atoms with Crippen molar-refractivity contribution in [3.63, 3.8) is 0 Å². The van der Waals surface area contributed by atoms with E-state index < -0.39 is 0 Å². The minimum Gasteiger partial charge on any atom is -0.337 e. The molecule has 3 heterocycles. The van der Waals surface area contributed by atoms with E-state index in [-0.39, 0.29) is 5.91 Å². The Morgan fingerprint density at radius 3 is 2.64 bits per heavy atom. The molecule has 0 bridgehead atoms. The molecule has 3 aromatic rings. The summed E-state index contributed by atoms with van der Waals surface area (Å²) in [6, 6.07) is 17.2. The van der Waals surface area contributed by atoms with E-state index in [0.717, 1.165) is 41.8 Å². The standard InChI is InChI=1S/C23H26N4O/c1-17-5-4-13-26(17)20-12-14-25(15-20)23(28)18-8-10-19(11-9-18)27-16-24-21-6-2-3-7-22(21)27/h2-3,6-11,16-17,20H,4-5,12-15H2,1H3/t17-,20?/m1/s1. The van der Waals surface area contributed by atoms with Gasteiger partial charge in [-0.25, -0.2) is 4.98 Å². The SMILES string of the molecule is C[C@@H]1CCCN1C1CCN(C(=O)c2ccc(-n3cnc4ccccc43)cc2)C1. The van der Waals surface area contributed by atoms with Crippen LogP contribution in [0.15, 0.2) is 54.9 Å². The minimum atomic E-state index is 0.149. The van der Waals surface area contributed by atoms with Crippen LogP contribution in [0.2, 0.25) is 0 Å². The van der Waals surface area contributed by atoms with Gasteiger partial charge < -0.3 is 4.90 Å². The van der Waals surface area contributed by atoms with Crippen molar-refractivity contribution in [2.45, 2.75) is 38.3 Å². The van der Waals surface area contributed by atoms with E-state index in [2.05, 4.69) is 27.4 Å². The van der Waals surface area contributed by atoms with Crippen molar-refractivity contribution in [2.24, 2.45) is 0 Å². The van der Waals surface area contributed by atoms with E-state index in [0.29, 0.717) is 12.1 Å². The van der Waals surface area contributed by atoms with Crippen LogP contribution in [0.3, 0.4) is 0 Å². The Kier molecular flexibility index (Phi) is 4.40. The van der Waals surface area contributed by atoms with E-state index in [1.165, 1.54) is 19.4 Å². The zero-order valence-corrected chi connectivity index (χ0v) is 16.3. The van der Waals surface area contributed by atoms with Gasteiger partial charge in [0, 0.05) is 36.4 Å². The molecule has 0 saturated carbocycles. The second-order valence-electron chi connectivity index (χ2n) is 8.07. The lowest BCUT2D eigenvalue weighted by atomic mass is 10.1. The van der Waals surface area contributed by atoms with Crippen LogP contribution in [0.25, 0.3) is 16.7 Å². The van der Waals surface area contributed by atoms with Gasteiger partial charge in [0.2, 0.25) is 0 Å². The third-order valence-electron chi connectivity index (χ3n) is 6.37. The number of fused-ring (bicyclic) bond motifs is 1. The molecule has 2 aromatic carbocycles. The zero-order valence-electron chi connectivity index (χ0n) is 16.3. The molecule has 0 radical (unpaired) electrons. The Hall–Kier alpha value is -2.66. The number of nitrogens with zero attached hydrogens (tertiary/aromatic N) is 4. The summed E-state index contributed by atoms with van der Waals surface area (Å²) in [6.07, 6.45) is 5.50. The molecule has 2 aliphatic rings. The third kappa shape index (κ3) is 3.00. The molecule has 5 heteroatoms. The highest BCUT2D eigenvalue weighted by Crippen LogP contribution is 2.26. The third-order valence-corrected chi connectivity index (χ3v) is 6.37. The summed E-state index contributed by atoms with van der Waals surface area (Å²) < 4.78 is 2.06. The molecule has 0 spiro atoms. The van der Waals surface area contributed by atoms with Crippen LogP contribution in [0, 0.1) is 0 Å². The van der Waals surface area contributed by atoms with Crippen LogP contribution in [-0.2, 0) is 0 Å². The fourth-order valence-corrected chi connectivity index (χ4v) is 4.81. The number of likely N-dealkylation sites (tertiary alicyclic amines) is 2. The van der Waals surface area contributed by atoms with Crippen molar-refractivity contribution in [2.75, 3.05) is 19.6 Å². The molecule has 0 N–H and O–H groups in total. The van der Waals surface area contributed by atoms with Gasteiger partial charge in [0.25, 0.3) is 5.91 Å². The fraction of sp³-hybridized carbons (Fsp3) is 0.391. The van der Waals surface area contributed by atoms with Gasteiger partial charge in [-0.15, -0.1) is 0 Å². The van der Waals surface area contributed by atoms with Gasteiger partial charge >= 0.3 is 0 Å². The molecule has 1 amide bonds. The molecular formula is C23H26N4O. The summed E-state index contributed by atoms with van der Waals surface area (Å²) in [5, 5.41) is 0. The maximum atomic E-state index is 13.0. The summed E-state index contributed by atoms with van der Waals surface area (Å²) >= 11 is 0. The maximum absolute atomic E-state index is 13.0. The van der Waals surface area contributed by atoms with Crippen LogP contribution in [0.4, 0.5) is 0 Å². The molecule has 28 heavy (non-hydrogen) atoms. The summed E-state index contributed by atoms with van der Waals surface area (Å²) in [4.78, 5) is 22.1. The molecule has 2 fully saturated rings. The highest BCUT2D eigenvalue weighted by molar-refractivity contribution is 5.94. The number of carbonyl (C=O) groups excluding carboxylic acids is 1. The first-order chi connectivity index (χ1) is 13.7. The number of imidazole rings is 1. The Morgan fingerprint density at radius 2 is 1.86 bits per heavy atom. The Balaban J connectivity index is 1.31. The quantitative estimate of drug-likeness (QED) is 0.702. The van der Waals surface area contributed by atoms with E-state index in [1.54, 1.807) is 0 Å². The lowest BCUT2D eigenvalue weighted by Gasteiger charge is -2.28. The summed E-state index contributed by atoms with van der Waals surface area (Å²) in [5.74, 6) is 0.149. The van der Waals surface area contributed by atoms with Gasteiger partial charge in [0.1, 0.15) is 6.33 Å². The number of carbonyl (C=O) groups is 1. The van der Waals surface area contributed by atoms with Crippen LogP contribution in [-0.4, -0.2) is 57.0 Å². The van der Waals surface area contributed by atoms with Gasteiger partial charge in [-0.3, -0.25) is 14.3 Å². The molecule has 5 rings (SSSR count). The first-order valence-corrected chi connectivity index (χ1v) is 10.3. The molecule has 1 unspecified atom stereocenters. The van der Waals surface area contributed by atoms with E-state index in [4.69, 9.17) is 0 Å². The number of hydrogen-bond acceptors (Lipinski definition) is 3. The van der Waals surface area contributed by atoms with Gasteiger partial charge in [-0.2, -0.15) is 0 Å². The Labute approximate surface area is 165 Å². The molecule has 1 aromatic heterocycles. The molecule has 2 aliphatic heterocycles. The van der Waals surface area contributed by atoms with Crippen molar-refractivity contribution in [1.29, 1.82) is 0 Å². The smallest absolute Gasteiger partial charge is 0.253 e. The number of para-hydroxylation sites is 2. The number of rotatable bonds is 3. The highest BCUT2D eigenvalue weighted by atomic mass is 16.2. The van der Waals surface area contributed by atoms with E-state index in [9.17, 15) is 4.79 Å². The van der Waals surface area contributed by atoms with Gasteiger partial charge in [-0.05, 0) is 69.1 Å². The van der Waals surface area contributed by atoms with Crippen molar-refractivity contribution in [1.82, 2.24) is 19.4 Å². The predicted octanol–water partition coefficient (Wildman–Crippen LogP) is 3.72. The lowest BCUT2D eigenvalue weighted by molar-refractivity contribution is 0.0774. The molecular weight excluding hydrogens is 348 g/mol. The van der Waals surface area contributed by atoms with Gasteiger partial charge in [0.05, 0.1) is 11.0 Å². The largest absolute Gasteiger partial charge is 0.337 e. The summed E-state index contributed by atoms with van der Waals surface area (Å²) in [6.45, 7) is 5.22. The minimum absolute atomic E-state index is 0.149. The average molecular weight is 374 g/mol. The normalized spacial score (nSPS) is 23.0. The number of hydrogen-bond donors (Lipinski definition) is 0. The first kappa shape index (κ1) is 17.4. The van der Waals surface area contributed by atoms with Crippen molar-refractivity contribution >= 4 is 16.9 Å². The van der Waals surface area contributed by atoms with Crippen LogP contribution >= 0.6 is 0 Å². The molecule has 2 atom stereocenters. The predicted molar refractivity (Wildman–Crippen MR) is 111 cm³/mol. The molecule has 0 aliphatic carbocycles. The topological polar surface area (TPSA) is 41.4 Å². The summed E-state index contributed by atoms with van der Waals surface area (Å²) in [7, 11) is 0. The van der Waals surface area contributed by atoms with Crippen LogP contribution < -0.4 is 0 Å². The highest BCUT2D eigenvalue weighted by Gasteiger charge is 2.34. The average Bonchev–Trinajstić information content (AvgIpc) is 3.46. The van der Waals surface area contributed by atoms with Crippen LogP contribution in [0.5, 0.6) is 0 Å². The lowest BCUT2D eigenvalue weighted by Crippen LogP contribution is -2.40. The zero-order chi connectivity index (χ0) is 19.1. The number of aromatic nitrogens is 2. The van der Waals surface area contributed by atoms with E-state index in [1.807, 2.05) is 53.7 Å². The Bertz CT molecular complexity index is 993. The monoisotopic (exact) mass is 374 g/mol. The molecule has 144 valence electrons. The van der Waals surface area contributed by atoms with Crippen LogP contribution in [0.1, 0.15) is 36.5 Å². The van der Waals surface area contributed by atoms with E-state index >= 15 is 0 Å². The van der Waals surface area contributed by atoms with Gasteiger partial charge in [0.15, 0.2) is 0 Å². The number of amides is 1. The van der Waals surface area contributed by atoms with Crippen molar-refractivity contribution in [3.05, 3.63) is 60.4 Å². The molecule has 5 nitrogen and oxygen atoms in total. The summed E-state index contributed by atoms with van der Waals surface area (Å²) in [5.41, 5.74) is 3.84. The fourth-order valence-electron chi connectivity index (χ4n) is 4.81. The maximum Gasteiger partial charge on any atom is 0.253 e. The first-order valence-electron chi connectivity index (χ1n) is 10.3. The molecule has 2 saturated heterocycles. The second-order valence-corrected chi connectivity index (χ2v) is 8.07.